The zero-order valence-electron chi connectivity index (χ0n) is 17.1. The van der Waals surface area contributed by atoms with Gasteiger partial charge in [-0.05, 0) is 61.8 Å². The third-order valence-electron chi connectivity index (χ3n) is 5.48. The van der Waals surface area contributed by atoms with Gasteiger partial charge in [0.15, 0.2) is 5.96 Å². The smallest absolute Gasteiger partial charge is 0.276 e. The minimum Gasteiger partial charge on any atom is -0.457 e. The predicted molar refractivity (Wildman–Crippen MR) is 118 cm³/mol. The first-order valence-electron chi connectivity index (χ1n) is 10.2. The summed E-state index contributed by atoms with van der Waals surface area (Å²) in [4.78, 5) is 19.0. The Morgan fingerprint density at radius 3 is 2.67 bits per heavy atom. The zero-order valence-corrected chi connectivity index (χ0v) is 17.1. The third-order valence-corrected chi connectivity index (χ3v) is 5.48. The van der Waals surface area contributed by atoms with E-state index in [9.17, 15) is 4.79 Å². The highest BCUT2D eigenvalue weighted by atomic mass is 16.5. The molecule has 1 saturated heterocycles. The number of carbonyl (C=O) groups excluding carboxylic acids is 1. The van der Waals surface area contributed by atoms with Crippen LogP contribution in [-0.2, 0) is 6.54 Å². The highest BCUT2D eigenvalue weighted by molar-refractivity contribution is 6.05. The number of fused-ring (bicyclic) bond motifs is 1. The summed E-state index contributed by atoms with van der Waals surface area (Å²) in [5.74, 6) is 0.833. The Morgan fingerprint density at radius 2 is 1.90 bits per heavy atom. The molecule has 4 N–H and O–H groups in total. The van der Waals surface area contributed by atoms with Gasteiger partial charge < -0.3 is 15.5 Å². The summed E-state index contributed by atoms with van der Waals surface area (Å²) in [6.45, 7) is 3.27. The van der Waals surface area contributed by atoms with Gasteiger partial charge in [0.1, 0.15) is 17.2 Å². The molecule has 30 heavy (non-hydrogen) atoms. The number of amides is 1. The summed E-state index contributed by atoms with van der Waals surface area (Å²) < 4.78 is 6.08. The summed E-state index contributed by atoms with van der Waals surface area (Å²) in [6, 6.07) is 15.6. The lowest BCUT2D eigenvalue weighted by Gasteiger charge is -2.26. The summed E-state index contributed by atoms with van der Waals surface area (Å²) in [5.41, 5.74) is 7.81. The van der Waals surface area contributed by atoms with Crippen LogP contribution in [0, 0.1) is 5.41 Å². The van der Waals surface area contributed by atoms with Crippen LogP contribution in [0.2, 0.25) is 0 Å². The van der Waals surface area contributed by atoms with Crippen molar-refractivity contribution < 1.29 is 9.53 Å². The molecule has 156 valence electrons. The number of aromatic amines is 1. The van der Waals surface area contributed by atoms with Gasteiger partial charge in [-0.2, -0.15) is 0 Å². The Balaban J connectivity index is 1.49. The molecule has 7 nitrogen and oxygen atoms in total. The van der Waals surface area contributed by atoms with Crippen LogP contribution in [0.4, 0.5) is 0 Å². The van der Waals surface area contributed by atoms with Crippen molar-refractivity contribution in [1.29, 1.82) is 5.41 Å². The van der Waals surface area contributed by atoms with Crippen molar-refractivity contribution >= 4 is 22.8 Å². The van der Waals surface area contributed by atoms with E-state index in [1.807, 2.05) is 30.3 Å². The largest absolute Gasteiger partial charge is 0.457 e. The molecule has 1 aromatic heterocycles. The predicted octanol–water partition coefficient (Wildman–Crippen LogP) is 3.91. The lowest BCUT2D eigenvalue weighted by Crippen LogP contribution is -2.38. The van der Waals surface area contributed by atoms with Crippen LogP contribution in [0.1, 0.15) is 35.3 Å². The van der Waals surface area contributed by atoms with Crippen LogP contribution in [0.5, 0.6) is 11.5 Å². The van der Waals surface area contributed by atoms with E-state index in [4.69, 9.17) is 15.9 Å². The second-order valence-corrected chi connectivity index (χ2v) is 7.77. The summed E-state index contributed by atoms with van der Waals surface area (Å²) in [7, 11) is 1.47. The number of aromatic nitrogens is 1. The topological polar surface area (TPSA) is 98.4 Å². The second-order valence-electron chi connectivity index (χ2n) is 7.77. The SMILES string of the molecule is CN(C(=N)N)C(=O)c1cc2ccc(Oc3cccc(CN4CCCCC4)c3)cc2[nH]1. The number of hydrogen-bond acceptors (Lipinski definition) is 4. The maximum atomic E-state index is 12.4. The van der Waals surface area contributed by atoms with Crippen molar-refractivity contribution in [2.75, 3.05) is 20.1 Å². The molecule has 0 saturated carbocycles. The Bertz CT molecular complexity index is 1070. The van der Waals surface area contributed by atoms with Crippen molar-refractivity contribution in [3.05, 3.63) is 59.8 Å². The lowest BCUT2D eigenvalue weighted by atomic mass is 10.1. The van der Waals surface area contributed by atoms with Crippen molar-refractivity contribution in [3.8, 4) is 11.5 Å². The molecule has 2 aromatic carbocycles. The number of H-pyrrole nitrogens is 1. The van der Waals surface area contributed by atoms with E-state index in [-0.39, 0.29) is 11.9 Å². The monoisotopic (exact) mass is 405 g/mol. The quantitative estimate of drug-likeness (QED) is 0.443. The zero-order chi connectivity index (χ0) is 21.1. The van der Waals surface area contributed by atoms with Gasteiger partial charge in [-0.15, -0.1) is 0 Å². The molecule has 0 radical (unpaired) electrons. The number of ether oxygens (including phenoxy) is 1. The molecule has 7 heteroatoms. The maximum Gasteiger partial charge on any atom is 0.276 e. The fraction of sp³-hybridized carbons (Fsp3) is 0.304. The fourth-order valence-corrected chi connectivity index (χ4v) is 3.79. The molecule has 0 bridgehead atoms. The van der Waals surface area contributed by atoms with Crippen molar-refractivity contribution in [2.45, 2.75) is 25.8 Å². The summed E-state index contributed by atoms with van der Waals surface area (Å²) in [6.07, 6.45) is 3.89. The van der Waals surface area contributed by atoms with Crippen molar-refractivity contribution in [2.24, 2.45) is 5.73 Å². The number of nitrogens with one attached hydrogen (secondary N) is 2. The average Bonchev–Trinajstić information content (AvgIpc) is 3.17. The summed E-state index contributed by atoms with van der Waals surface area (Å²) in [5, 5.41) is 8.31. The lowest BCUT2D eigenvalue weighted by molar-refractivity contribution is 0.0864. The molecule has 1 amide bonds. The Kier molecular flexibility index (Phi) is 5.72. The van der Waals surface area contributed by atoms with Gasteiger partial charge in [0.25, 0.3) is 5.91 Å². The van der Waals surface area contributed by atoms with E-state index in [0.29, 0.717) is 11.4 Å². The average molecular weight is 406 g/mol. The number of nitrogens with two attached hydrogens (primary N) is 1. The molecule has 0 unspecified atom stereocenters. The van der Waals surface area contributed by atoms with Gasteiger partial charge in [-0.25, -0.2) is 0 Å². The number of benzene rings is 2. The number of piperidine rings is 1. The molecule has 1 aliphatic rings. The van der Waals surface area contributed by atoms with E-state index in [1.54, 1.807) is 6.07 Å². The minimum atomic E-state index is -0.355. The van der Waals surface area contributed by atoms with Gasteiger partial charge in [0.05, 0.1) is 0 Å². The van der Waals surface area contributed by atoms with E-state index >= 15 is 0 Å². The van der Waals surface area contributed by atoms with E-state index in [1.165, 1.54) is 31.9 Å². The van der Waals surface area contributed by atoms with Crippen molar-refractivity contribution in [1.82, 2.24) is 14.8 Å². The molecular formula is C23H27N5O2. The van der Waals surface area contributed by atoms with Crippen LogP contribution in [0.15, 0.2) is 48.5 Å². The van der Waals surface area contributed by atoms with Crippen LogP contribution < -0.4 is 10.5 Å². The number of hydrogen-bond donors (Lipinski definition) is 3. The highest BCUT2D eigenvalue weighted by Gasteiger charge is 2.16. The Hall–Kier alpha value is -3.32. The molecule has 3 aromatic rings. The van der Waals surface area contributed by atoms with Crippen LogP contribution in [0.25, 0.3) is 10.9 Å². The normalized spacial score (nSPS) is 14.6. The fourth-order valence-electron chi connectivity index (χ4n) is 3.79. The Morgan fingerprint density at radius 1 is 1.13 bits per heavy atom. The van der Waals surface area contributed by atoms with Gasteiger partial charge in [-0.1, -0.05) is 18.6 Å². The number of likely N-dealkylation sites (tertiary alicyclic amines) is 1. The molecule has 0 aliphatic carbocycles. The van der Waals surface area contributed by atoms with Crippen LogP contribution in [-0.4, -0.2) is 46.8 Å². The van der Waals surface area contributed by atoms with E-state index in [0.717, 1.165) is 41.2 Å². The molecule has 2 heterocycles. The minimum absolute atomic E-state index is 0.299. The molecule has 0 atom stereocenters. The van der Waals surface area contributed by atoms with Crippen LogP contribution in [0.3, 0.4) is 0 Å². The van der Waals surface area contributed by atoms with Gasteiger partial charge in [0, 0.05) is 30.6 Å². The van der Waals surface area contributed by atoms with Gasteiger partial charge in [-0.3, -0.25) is 20.0 Å². The van der Waals surface area contributed by atoms with Gasteiger partial charge >= 0.3 is 0 Å². The Labute approximate surface area is 175 Å². The number of carbonyl (C=O) groups is 1. The molecule has 0 spiro atoms. The number of rotatable bonds is 5. The molecule has 4 rings (SSSR count). The van der Waals surface area contributed by atoms with E-state index < -0.39 is 0 Å². The molecule has 1 aliphatic heterocycles. The molecule has 1 fully saturated rings. The third kappa shape index (κ3) is 4.46. The first kappa shape index (κ1) is 20.0. The number of guanidine groups is 1. The van der Waals surface area contributed by atoms with E-state index in [2.05, 4.69) is 22.0 Å². The highest BCUT2D eigenvalue weighted by Crippen LogP contribution is 2.27. The first-order chi connectivity index (χ1) is 14.5. The van der Waals surface area contributed by atoms with Gasteiger partial charge in [0.2, 0.25) is 0 Å². The summed E-state index contributed by atoms with van der Waals surface area (Å²) >= 11 is 0. The maximum absolute atomic E-state index is 12.4. The van der Waals surface area contributed by atoms with Crippen molar-refractivity contribution in [3.63, 3.8) is 0 Å². The van der Waals surface area contributed by atoms with Crippen LogP contribution >= 0.6 is 0 Å². The standard InChI is InChI=1S/C23H27N5O2/c1-27(23(24)25)22(29)21-13-17-8-9-19(14-20(17)26-21)30-18-7-5-6-16(12-18)15-28-10-3-2-4-11-28/h5-9,12-14,26H,2-4,10-11,15H2,1H3,(H3,24,25). The second kappa shape index (κ2) is 8.59. The first-order valence-corrected chi connectivity index (χ1v) is 10.2. The molecular weight excluding hydrogens is 378 g/mol. The number of nitrogens with zero attached hydrogens (tertiary/aromatic N) is 2.